The first-order valence-electron chi connectivity index (χ1n) is 5.56. The smallest absolute Gasteiger partial charge is 0.0318 e. The van der Waals surface area contributed by atoms with Crippen molar-refractivity contribution >= 4 is 0 Å². The van der Waals surface area contributed by atoms with Crippen molar-refractivity contribution in [3.05, 3.63) is 29.6 Å². The summed E-state index contributed by atoms with van der Waals surface area (Å²) in [6.45, 7) is 8.83. The van der Waals surface area contributed by atoms with Crippen molar-refractivity contribution in [1.29, 1.82) is 0 Å². The maximum absolute atomic E-state index is 6.16. The second kappa shape index (κ2) is 4.75. The molecule has 2 heteroatoms. The molecule has 1 aromatic rings. The fourth-order valence-electron chi connectivity index (χ4n) is 1.61. The minimum atomic E-state index is 0.123. The van der Waals surface area contributed by atoms with Crippen LogP contribution in [0.25, 0.3) is 0 Å². The lowest BCUT2D eigenvalue weighted by Crippen LogP contribution is -2.15. The molecule has 0 saturated carbocycles. The Morgan fingerprint density at radius 3 is 2.60 bits per heavy atom. The van der Waals surface area contributed by atoms with Crippen molar-refractivity contribution in [2.45, 2.75) is 46.6 Å². The highest BCUT2D eigenvalue weighted by atomic mass is 14.7. The van der Waals surface area contributed by atoms with E-state index in [0.717, 1.165) is 12.8 Å². The molecule has 1 atom stereocenters. The molecule has 2 N–H and O–H groups in total. The van der Waals surface area contributed by atoms with Crippen molar-refractivity contribution in [1.82, 2.24) is 4.98 Å². The number of hydrogen-bond donors (Lipinski definition) is 1. The van der Waals surface area contributed by atoms with Crippen molar-refractivity contribution < 1.29 is 0 Å². The molecule has 1 rings (SSSR count). The number of nitrogens with zero attached hydrogens (tertiary/aromatic N) is 1. The van der Waals surface area contributed by atoms with Crippen LogP contribution in [0.2, 0.25) is 0 Å². The van der Waals surface area contributed by atoms with Gasteiger partial charge in [0.2, 0.25) is 0 Å². The summed E-state index contributed by atoms with van der Waals surface area (Å²) in [6, 6.07) is 2.14. The minimum absolute atomic E-state index is 0.123. The Kier molecular flexibility index (Phi) is 3.86. The molecule has 0 fully saturated rings. The summed E-state index contributed by atoms with van der Waals surface area (Å²) in [7, 11) is 0. The first kappa shape index (κ1) is 12.2. The number of hydrogen-bond acceptors (Lipinski definition) is 2. The highest BCUT2D eigenvalue weighted by molar-refractivity contribution is 5.24. The number of nitrogens with two attached hydrogens (primary N) is 1. The molecule has 0 bridgehead atoms. The lowest BCUT2D eigenvalue weighted by atomic mass is 9.87. The van der Waals surface area contributed by atoms with Crippen LogP contribution in [0.15, 0.2) is 18.5 Å². The van der Waals surface area contributed by atoms with E-state index >= 15 is 0 Å². The van der Waals surface area contributed by atoms with Gasteiger partial charge >= 0.3 is 0 Å². The molecule has 0 saturated heterocycles. The highest BCUT2D eigenvalue weighted by Gasteiger charge is 2.15. The third-order valence-electron chi connectivity index (χ3n) is 2.68. The Balaban J connectivity index is 2.62. The van der Waals surface area contributed by atoms with E-state index in [2.05, 4.69) is 32.7 Å². The zero-order valence-corrected chi connectivity index (χ0v) is 10.2. The van der Waals surface area contributed by atoms with Gasteiger partial charge in [-0.05, 0) is 42.4 Å². The molecule has 2 nitrogen and oxygen atoms in total. The maximum Gasteiger partial charge on any atom is 0.0318 e. The lowest BCUT2D eigenvalue weighted by Gasteiger charge is -2.21. The molecular formula is C13H22N2. The molecule has 0 radical (unpaired) electrons. The van der Waals surface area contributed by atoms with Crippen LogP contribution in [0.5, 0.6) is 0 Å². The summed E-state index contributed by atoms with van der Waals surface area (Å²) in [5, 5.41) is 0. The van der Waals surface area contributed by atoms with E-state index in [-0.39, 0.29) is 6.04 Å². The molecule has 1 unspecified atom stereocenters. The fourth-order valence-corrected chi connectivity index (χ4v) is 1.61. The molecule has 1 aromatic heterocycles. The average Bonchev–Trinajstić information content (AvgIpc) is 2.14. The summed E-state index contributed by atoms with van der Waals surface area (Å²) in [6.07, 6.45) is 5.87. The lowest BCUT2D eigenvalue weighted by molar-refractivity contribution is 0.349. The van der Waals surface area contributed by atoms with Gasteiger partial charge in [0.15, 0.2) is 0 Å². The van der Waals surface area contributed by atoms with Crippen LogP contribution in [0.4, 0.5) is 0 Å². The van der Waals surface area contributed by atoms with Gasteiger partial charge in [0, 0.05) is 18.4 Å². The molecule has 15 heavy (non-hydrogen) atoms. The molecule has 0 spiro atoms. The molecule has 1 heterocycles. The number of aromatic nitrogens is 1. The normalized spacial score (nSPS) is 13.9. The molecule has 84 valence electrons. The monoisotopic (exact) mass is 206 g/mol. The summed E-state index contributed by atoms with van der Waals surface area (Å²) < 4.78 is 0. The third kappa shape index (κ3) is 4.00. The van der Waals surface area contributed by atoms with Crippen molar-refractivity contribution in [3.8, 4) is 0 Å². The largest absolute Gasteiger partial charge is 0.324 e. The molecule has 0 aromatic carbocycles. The average molecular weight is 206 g/mol. The minimum Gasteiger partial charge on any atom is -0.324 e. The second-order valence-electron chi connectivity index (χ2n) is 5.44. The van der Waals surface area contributed by atoms with Gasteiger partial charge in [-0.2, -0.15) is 0 Å². The van der Waals surface area contributed by atoms with Crippen LogP contribution in [0.3, 0.4) is 0 Å². The zero-order chi connectivity index (χ0) is 11.5. The van der Waals surface area contributed by atoms with Gasteiger partial charge in [-0.3, -0.25) is 4.98 Å². The van der Waals surface area contributed by atoms with E-state index in [4.69, 9.17) is 5.73 Å². The fraction of sp³-hybridized carbons (Fsp3) is 0.615. The number of pyridine rings is 1. The van der Waals surface area contributed by atoms with Crippen LogP contribution < -0.4 is 5.73 Å². The van der Waals surface area contributed by atoms with E-state index < -0.39 is 0 Å². The Morgan fingerprint density at radius 2 is 2.07 bits per heavy atom. The van der Waals surface area contributed by atoms with Gasteiger partial charge in [-0.1, -0.05) is 20.8 Å². The molecule has 0 aliphatic rings. The summed E-state index contributed by atoms with van der Waals surface area (Å²) >= 11 is 0. The quantitative estimate of drug-likeness (QED) is 0.824. The van der Waals surface area contributed by atoms with Crippen molar-refractivity contribution in [3.63, 3.8) is 0 Å². The molecule has 0 aliphatic carbocycles. The van der Waals surface area contributed by atoms with Gasteiger partial charge in [0.25, 0.3) is 0 Å². The van der Waals surface area contributed by atoms with Crippen LogP contribution >= 0.6 is 0 Å². The van der Waals surface area contributed by atoms with Crippen LogP contribution in [-0.2, 0) is 0 Å². The maximum atomic E-state index is 6.16. The number of aryl methyl sites for hydroxylation is 1. The topological polar surface area (TPSA) is 38.9 Å². The van der Waals surface area contributed by atoms with E-state index in [0.29, 0.717) is 5.41 Å². The SMILES string of the molecule is Cc1ccncc1C(N)CCC(C)(C)C. The Hall–Kier alpha value is -0.890. The summed E-state index contributed by atoms with van der Waals surface area (Å²) in [5.41, 5.74) is 8.94. The first-order valence-corrected chi connectivity index (χ1v) is 5.56. The Bertz CT molecular complexity index is 313. The van der Waals surface area contributed by atoms with Gasteiger partial charge < -0.3 is 5.73 Å². The van der Waals surface area contributed by atoms with Crippen molar-refractivity contribution in [2.24, 2.45) is 11.1 Å². The predicted octanol–water partition coefficient (Wildman–Crippen LogP) is 3.22. The Morgan fingerprint density at radius 1 is 1.40 bits per heavy atom. The van der Waals surface area contributed by atoms with E-state index in [1.807, 2.05) is 18.5 Å². The predicted molar refractivity (Wildman–Crippen MR) is 64.6 cm³/mol. The van der Waals surface area contributed by atoms with Crippen LogP contribution in [-0.4, -0.2) is 4.98 Å². The second-order valence-corrected chi connectivity index (χ2v) is 5.44. The first-order chi connectivity index (χ1) is 6.90. The summed E-state index contributed by atoms with van der Waals surface area (Å²) in [5.74, 6) is 0. The molecular weight excluding hydrogens is 184 g/mol. The van der Waals surface area contributed by atoms with Gasteiger partial charge in [0.1, 0.15) is 0 Å². The molecule has 0 amide bonds. The Labute approximate surface area is 92.9 Å². The standard InChI is InChI=1S/C13H22N2/c1-10-6-8-15-9-11(10)12(14)5-7-13(2,3)4/h6,8-9,12H,5,7,14H2,1-4H3. The highest BCUT2D eigenvalue weighted by Crippen LogP contribution is 2.26. The van der Waals surface area contributed by atoms with Gasteiger partial charge in [0.05, 0.1) is 0 Å². The number of rotatable bonds is 3. The third-order valence-corrected chi connectivity index (χ3v) is 2.68. The van der Waals surface area contributed by atoms with E-state index in [9.17, 15) is 0 Å². The van der Waals surface area contributed by atoms with Gasteiger partial charge in [-0.25, -0.2) is 0 Å². The molecule has 0 aliphatic heterocycles. The van der Waals surface area contributed by atoms with Gasteiger partial charge in [-0.15, -0.1) is 0 Å². The van der Waals surface area contributed by atoms with Crippen molar-refractivity contribution in [2.75, 3.05) is 0 Å². The van der Waals surface area contributed by atoms with E-state index in [1.54, 1.807) is 0 Å². The summed E-state index contributed by atoms with van der Waals surface area (Å²) in [4.78, 5) is 4.13. The van der Waals surface area contributed by atoms with Crippen LogP contribution in [0, 0.1) is 12.3 Å². The zero-order valence-electron chi connectivity index (χ0n) is 10.2. The van der Waals surface area contributed by atoms with Crippen LogP contribution in [0.1, 0.15) is 50.8 Å². The van der Waals surface area contributed by atoms with E-state index in [1.165, 1.54) is 11.1 Å².